The molecule has 2 heterocycles. The lowest BCUT2D eigenvalue weighted by Gasteiger charge is -2.19. The Hall–Kier alpha value is -2.96. The molecule has 5 rings (SSSR count). The van der Waals surface area contributed by atoms with Gasteiger partial charge in [0, 0.05) is 6.20 Å². The summed E-state index contributed by atoms with van der Waals surface area (Å²) in [6.07, 6.45) is 4.12. The van der Waals surface area contributed by atoms with Crippen LogP contribution in [0.15, 0.2) is 61.1 Å². The van der Waals surface area contributed by atoms with Crippen LogP contribution >= 0.6 is 0 Å². The Labute approximate surface area is 168 Å². The predicted molar refractivity (Wildman–Crippen MR) is 113 cm³/mol. The topological polar surface area (TPSA) is 97.2 Å². The van der Waals surface area contributed by atoms with E-state index < -0.39 is 12.2 Å². The lowest BCUT2D eigenvalue weighted by atomic mass is 9.95. The van der Waals surface area contributed by atoms with E-state index in [1.165, 1.54) is 22.7 Å². The molecule has 0 aliphatic heterocycles. The van der Waals surface area contributed by atoms with Crippen molar-refractivity contribution in [3.8, 4) is 0 Å². The van der Waals surface area contributed by atoms with Crippen molar-refractivity contribution in [2.75, 3.05) is 5.73 Å². The summed E-state index contributed by atoms with van der Waals surface area (Å²) in [5, 5.41) is 24.6. The molecule has 4 aromatic rings. The zero-order chi connectivity index (χ0) is 20.0. The van der Waals surface area contributed by atoms with Crippen molar-refractivity contribution in [3.05, 3.63) is 66.6 Å². The molecule has 2 aromatic heterocycles. The van der Waals surface area contributed by atoms with Gasteiger partial charge >= 0.3 is 0 Å². The molecule has 1 saturated carbocycles. The first-order valence-corrected chi connectivity index (χ1v) is 10.0. The van der Waals surface area contributed by atoms with E-state index in [2.05, 4.69) is 40.3 Å². The second kappa shape index (κ2) is 7.13. The molecule has 1 fully saturated rings. The Kier molecular flexibility index (Phi) is 4.45. The maximum atomic E-state index is 10.7. The van der Waals surface area contributed by atoms with Crippen LogP contribution in [-0.2, 0) is 6.42 Å². The summed E-state index contributed by atoms with van der Waals surface area (Å²) in [4.78, 5) is 8.35. The highest BCUT2D eigenvalue weighted by Gasteiger charge is 2.42. The van der Waals surface area contributed by atoms with Gasteiger partial charge in [0.1, 0.15) is 23.9 Å². The largest absolute Gasteiger partial charge is 0.390 e. The van der Waals surface area contributed by atoms with Crippen LogP contribution in [0.5, 0.6) is 0 Å². The number of aliphatic hydroxyl groups is 2. The molecular formula is C23H24N4O2. The highest BCUT2D eigenvalue weighted by molar-refractivity contribution is 5.86. The van der Waals surface area contributed by atoms with Gasteiger partial charge in [-0.2, -0.15) is 0 Å². The molecular weight excluding hydrogens is 364 g/mol. The van der Waals surface area contributed by atoms with Crippen LogP contribution in [0.3, 0.4) is 0 Å². The first-order valence-electron chi connectivity index (χ1n) is 10.0. The van der Waals surface area contributed by atoms with Gasteiger partial charge in [-0.15, -0.1) is 0 Å². The number of rotatable bonds is 4. The van der Waals surface area contributed by atoms with E-state index in [0.29, 0.717) is 17.9 Å². The molecule has 6 heteroatoms. The van der Waals surface area contributed by atoms with Gasteiger partial charge in [0.25, 0.3) is 0 Å². The van der Waals surface area contributed by atoms with Crippen molar-refractivity contribution in [2.24, 2.45) is 5.92 Å². The number of aryl methyl sites for hydroxylation is 1. The Morgan fingerprint density at radius 3 is 2.69 bits per heavy atom. The quantitative estimate of drug-likeness (QED) is 0.499. The maximum absolute atomic E-state index is 10.7. The summed E-state index contributed by atoms with van der Waals surface area (Å²) < 4.78 is 1.93. The van der Waals surface area contributed by atoms with Crippen LogP contribution in [-0.4, -0.2) is 37.0 Å². The van der Waals surface area contributed by atoms with Crippen LogP contribution in [0, 0.1) is 5.92 Å². The molecule has 0 unspecified atom stereocenters. The third-order valence-electron chi connectivity index (χ3n) is 6.29. The second-order valence-corrected chi connectivity index (χ2v) is 7.98. The molecule has 1 aliphatic carbocycles. The number of aliphatic hydroxyl groups excluding tert-OH is 2. The Morgan fingerprint density at radius 2 is 1.83 bits per heavy atom. The average molecular weight is 388 g/mol. The molecule has 1 aliphatic rings. The Morgan fingerprint density at radius 1 is 1.00 bits per heavy atom. The minimum atomic E-state index is -0.830. The number of fused-ring (bicyclic) bond motifs is 2. The molecule has 4 atom stereocenters. The van der Waals surface area contributed by atoms with E-state index in [4.69, 9.17) is 5.73 Å². The van der Waals surface area contributed by atoms with Crippen molar-refractivity contribution < 1.29 is 10.2 Å². The van der Waals surface area contributed by atoms with Crippen LogP contribution in [0.25, 0.3) is 21.8 Å². The number of nitrogens with zero attached hydrogens (tertiary/aromatic N) is 3. The summed E-state index contributed by atoms with van der Waals surface area (Å²) >= 11 is 0. The first-order chi connectivity index (χ1) is 14.1. The highest BCUT2D eigenvalue weighted by Crippen LogP contribution is 2.39. The van der Waals surface area contributed by atoms with Crippen molar-refractivity contribution in [3.63, 3.8) is 0 Å². The van der Waals surface area contributed by atoms with E-state index in [0.717, 1.165) is 18.2 Å². The Balaban J connectivity index is 1.34. The molecule has 2 aromatic carbocycles. The van der Waals surface area contributed by atoms with Crippen molar-refractivity contribution >= 4 is 27.6 Å². The predicted octanol–water partition coefficient (Wildman–Crippen LogP) is 3.08. The van der Waals surface area contributed by atoms with Gasteiger partial charge in [0.2, 0.25) is 0 Å². The molecule has 6 nitrogen and oxygen atoms in total. The van der Waals surface area contributed by atoms with Gasteiger partial charge in [0.05, 0.1) is 17.5 Å². The fraction of sp³-hybridized carbons (Fsp3) is 0.304. The van der Waals surface area contributed by atoms with Crippen molar-refractivity contribution in [2.45, 2.75) is 37.5 Å². The summed E-state index contributed by atoms with van der Waals surface area (Å²) in [7, 11) is 0. The minimum absolute atomic E-state index is 0.0260. The Bertz CT molecular complexity index is 1170. The minimum Gasteiger partial charge on any atom is -0.390 e. The lowest BCUT2D eigenvalue weighted by molar-refractivity contribution is 0.00545. The number of anilines is 1. The van der Waals surface area contributed by atoms with Gasteiger partial charge in [-0.05, 0) is 47.6 Å². The fourth-order valence-corrected chi connectivity index (χ4v) is 4.67. The van der Waals surface area contributed by atoms with Gasteiger partial charge in [-0.25, -0.2) is 9.97 Å². The van der Waals surface area contributed by atoms with Crippen LogP contribution in [0.4, 0.5) is 5.82 Å². The van der Waals surface area contributed by atoms with Gasteiger partial charge in [0.15, 0.2) is 0 Å². The summed E-state index contributed by atoms with van der Waals surface area (Å²) in [6.45, 7) is 0. The molecule has 29 heavy (non-hydrogen) atoms. The van der Waals surface area contributed by atoms with Gasteiger partial charge in [-0.3, -0.25) is 0 Å². The van der Waals surface area contributed by atoms with E-state index in [1.54, 1.807) is 0 Å². The molecule has 0 amide bonds. The molecule has 0 saturated heterocycles. The standard InChI is InChI=1S/C23H24N4O2/c24-22-18-9-10-27(23(18)26-13-25-22)19-12-17(20(28)21(19)29)8-6-14-5-7-15-3-1-2-4-16(15)11-14/h1-5,7,9-11,13,17,19-21,28-29H,6,8,12H2,(H2,24,25,26)/t17-,19+,20+,21-/m0/s1. The smallest absolute Gasteiger partial charge is 0.145 e. The third kappa shape index (κ3) is 3.14. The molecule has 0 spiro atoms. The SMILES string of the molecule is Nc1ncnc2c1ccn2[C@@H]1C[C@H](CCc2ccc3ccccc3c2)[C@@H](O)[C@H]1O. The van der Waals surface area contributed by atoms with E-state index in [-0.39, 0.29) is 12.0 Å². The maximum Gasteiger partial charge on any atom is 0.145 e. The molecule has 0 radical (unpaired) electrons. The lowest BCUT2D eigenvalue weighted by Crippen LogP contribution is -2.29. The molecule has 0 bridgehead atoms. The normalized spacial score (nSPS) is 24.5. The number of nitrogen functional groups attached to an aromatic ring is 1. The number of hydrogen-bond donors (Lipinski definition) is 3. The van der Waals surface area contributed by atoms with Crippen molar-refractivity contribution in [1.29, 1.82) is 0 Å². The molecule has 148 valence electrons. The zero-order valence-electron chi connectivity index (χ0n) is 16.0. The number of hydrogen-bond acceptors (Lipinski definition) is 5. The van der Waals surface area contributed by atoms with Crippen molar-refractivity contribution in [1.82, 2.24) is 14.5 Å². The van der Waals surface area contributed by atoms with Crippen LogP contribution < -0.4 is 5.73 Å². The number of nitrogens with two attached hydrogens (primary N) is 1. The van der Waals surface area contributed by atoms with Crippen LogP contribution in [0.2, 0.25) is 0 Å². The first kappa shape index (κ1) is 18.1. The number of benzene rings is 2. The third-order valence-corrected chi connectivity index (χ3v) is 6.29. The fourth-order valence-electron chi connectivity index (χ4n) is 4.67. The van der Waals surface area contributed by atoms with E-state index in [9.17, 15) is 10.2 Å². The number of aromatic nitrogens is 3. The van der Waals surface area contributed by atoms with Gasteiger partial charge < -0.3 is 20.5 Å². The summed E-state index contributed by atoms with van der Waals surface area (Å²) in [6, 6.07) is 16.5. The van der Waals surface area contributed by atoms with Crippen LogP contribution in [0.1, 0.15) is 24.4 Å². The van der Waals surface area contributed by atoms with Gasteiger partial charge in [-0.1, -0.05) is 42.5 Å². The average Bonchev–Trinajstić information content (AvgIpc) is 3.29. The summed E-state index contributed by atoms with van der Waals surface area (Å²) in [5.74, 6) is 0.452. The summed E-state index contributed by atoms with van der Waals surface area (Å²) in [5.41, 5.74) is 7.88. The zero-order valence-corrected chi connectivity index (χ0v) is 16.0. The highest BCUT2D eigenvalue weighted by atomic mass is 16.3. The second-order valence-electron chi connectivity index (χ2n) is 7.98. The van der Waals surface area contributed by atoms with E-state index in [1.807, 2.05) is 29.0 Å². The van der Waals surface area contributed by atoms with E-state index >= 15 is 0 Å². The monoisotopic (exact) mass is 388 g/mol. The molecule has 4 N–H and O–H groups in total.